The third-order valence-corrected chi connectivity index (χ3v) is 7.23. The number of benzene rings is 2. The molecule has 10 nitrogen and oxygen atoms in total. The van der Waals surface area contributed by atoms with Crippen LogP contribution in [0.3, 0.4) is 0 Å². The molecule has 1 atom stereocenters. The number of likely N-dealkylation sites (N-methyl/N-ethyl adjacent to an activating group) is 1. The second kappa shape index (κ2) is 10.4. The largest absolute Gasteiger partial charge is 0.507 e. The van der Waals surface area contributed by atoms with Crippen LogP contribution in [0.2, 0.25) is 0 Å². The number of carbonyl (C=O) groups is 1. The van der Waals surface area contributed by atoms with Crippen molar-refractivity contribution < 1.29 is 19.6 Å². The quantitative estimate of drug-likeness (QED) is 0.376. The van der Waals surface area contributed by atoms with Gasteiger partial charge < -0.3 is 14.7 Å². The van der Waals surface area contributed by atoms with E-state index < -0.39 is 16.5 Å². The number of non-ortho nitro benzene ring substituents is 1. The van der Waals surface area contributed by atoms with Gasteiger partial charge in [-0.1, -0.05) is 29.5 Å². The second-order valence-corrected chi connectivity index (χ2v) is 9.31. The van der Waals surface area contributed by atoms with Gasteiger partial charge in [-0.3, -0.25) is 24.3 Å². The summed E-state index contributed by atoms with van der Waals surface area (Å²) in [6, 6.07) is 9.98. The van der Waals surface area contributed by atoms with Crippen LogP contribution >= 0.6 is 11.3 Å². The number of carbonyl (C=O) groups excluding carboxylic acids is 1. The number of nitro groups is 1. The molecule has 0 aliphatic carbocycles. The molecule has 1 aliphatic heterocycles. The molecule has 11 heteroatoms. The van der Waals surface area contributed by atoms with Crippen molar-refractivity contribution in [3.63, 3.8) is 0 Å². The fourth-order valence-corrected chi connectivity index (χ4v) is 5.41. The number of para-hydroxylation sites is 1. The Balaban J connectivity index is 2.01. The van der Waals surface area contributed by atoms with Crippen LogP contribution in [0.5, 0.6) is 11.5 Å². The highest BCUT2D eigenvalue weighted by Crippen LogP contribution is 2.36. The molecular weight excluding hydrogens is 496 g/mol. The number of aromatic nitrogens is 1. The topological polar surface area (TPSA) is 127 Å². The summed E-state index contributed by atoms with van der Waals surface area (Å²) in [7, 11) is 1.52. The predicted molar refractivity (Wildman–Crippen MR) is 139 cm³/mol. The van der Waals surface area contributed by atoms with Gasteiger partial charge in [0.2, 0.25) is 0 Å². The summed E-state index contributed by atoms with van der Waals surface area (Å²) in [6.07, 6.45) is 1.40. The van der Waals surface area contributed by atoms with Crippen molar-refractivity contribution >= 4 is 29.0 Å². The number of aromatic hydroxyl groups is 1. The highest BCUT2D eigenvalue weighted by molar-refractivity contribution is 7.07. The van der Waals surface area contributed by atoms with Gasteiger partial charge in [-0.2, -0.15) is 0 Å². The lowest BCUT2D eigenvalue weighted by Crippen LogP contribution is -2.43. The summed E-state index contributed by atoms with van der Waals surface area (Å²) in [5.41, 5.74) is 0.947. The molecule has 0 bridgehead atoms. The van der Waals surface area contributed by atoms with Gasteiger partial charge in [0.15, 0.2) is 4.80 Å². The van der Waals surface area contributed by atoms with Crippen LogP contribution in [0.4, 0.5) is 5.69 Å². The van der Waals surface area contributed by atoms with E-state index in [1.807, 2.05) is 19.9 Å². The number of nitrogens with zero attached hydrogens (tertiary/aromatic N) is 4. The van der Waals surface area contributed by atoms with Crippen molar-refractivity contribution in [1.82, 2.24) is 9.47 Å². The Bertz CT molecular complexity index is 1600. The molecule has 192 valence electrons. The zero-order valence-corrected chi connectivity index (χ0v) is 21.6. The number of phenolic OH excluding ortho intramolecular Hbond substituents is 1. The first-order valence-corrected chi connectivity index (χ1v) is 12.5. The van der Waals surface area contributed by atoms with Gasteiger partial charge in [-0.15, -0.1) is 0 Å². The number of hydrogen-bond donors (Lipinski definition) is 1. The molecule has 2 aromatic carbocycles. The number of thiazole rings is 1. The molecule has 4 rings (SSSR count). The number of hydrogen-bond acceptors (Lipinski definition) is 8. The zero-order valence-electron chi connectivity index (χ0n) is 20.8. The monoisotopic (exact) mass is 522 g/mol. The van der Waals surface area contributed by atoms with Crippen LogP contribution in [-0.4, -0.2) is 45.6 Å². The first-order valence-electron chi connectivity index (χ1n) is 11.6. The fraction of sp³-hybridized carbons (Fsp3) is 0.269. The Labute approximate surface area is 216 Å². The molecule has 0 unspecified atom stereocenters. The third-order valence-electron chi connectivity index (χ3n) is 6.24. The Morgan fingerprint density at radius 3 is 2.62 bits per heavy atom. The summed E-state index contributed by atoms with van der Waals surface area (Å²) >= 11 is 1.08. The van der Waals surface area contributed by atoms with Gasteiger partial charge in [0.1, 0.15) is 17.5 Å². The van der Waals surface area contributed by atoms with Crippen LogP contribution in [0, 0.1) is 10.1 Å². The molecule has 1 aliphatic rings. The van der Waals surface area contributed by atoms with E-state index in [-0.39, 0.29) is 27.4 Å². The summed E-state index contributed by atoms with van der Waals surface area (Å²) in [5, 5.41) is 21.5. The highest BCUT2D eigenvalue weighted by atomic mass is 32.1. The lowest BCUT2D eigenvalue weighted by atomic mass is 9.94. The molecule has 1 aromatic heterocycles. The maximum atomic E-state index is 13.8. The van der Waals surface area contributed by atoms with E-state index in [0.29, 0.717) is 40.5 Å². The molecule has 0 radical (unpaired) electrons. The molecule has 37 heavy (non-hydrogen) atoms. The molecule has 1 amide bonds. The standard InChI is InChI=1S/C26H26N4O6S/c1-5-28(6-2)25(33)22-15(3)27-26-29(23(22)18-9-7-8-10-20(18)36-4)24(32)21(37-26)14-16-13-17(30(34)35)11-12-19(16)31/h7-14,23,31H,5-6H2,1-4H3/b21-14+/t23-/m1/s1. The molecule has 1 N–H and O–H groups in total. The lowest BCUT2D eigenvalue weighted by molar-refractivity contribution is -0.384. The van der Waals surface area contributed by atoms with Crippen molar-refractivity contribution in [1.29, 1.82) is 0 Å². The smallest absolute Gasteiger partial charge is 0.271 e. The average Bonchev–Trinajstić information content (AvgIpc) is 3.19. The molecule has 0 spiro atoms. The number of rotatable bonds is 7. The van der Waals surface area contributed by atoms with Crippen LogP contribution in [0.15, 0.2) is 63.5 Å². The fourth-order valence-electron chi connectivity index (χ4n) is 4.38. The maximum absolute atomic E-state index is 13.8. The van der Waals surface area contributed by atoms with Gasteiger partial charge in [0.25, 0.3) is 17.2 Å². The average molecular weight is 523 g/mol. The molecule has 2 heterocycles. The predicted octanol–water partition coefficient (Wildman–Crippen LogP) is 2.73. The van der Waals surface area contributed by atoms with Crippen molar-refractivity contribution in [3.05, 3.63) is 94.7 Å². The number of amides is 1. The van der Waals surface area contributed by atoms with Crippen LogP contribution in [0.25, 0.3) is 6.08 Å². The van der Waals surface area contributed by atoms with Crippen LogP contribution in [-0.2, 0) is 4.79 Å². The number of ether oxygens (including phenoxy) is 1. The summed E-state index contributed by atoms with van der Waals surface area (Å²) in [4.78, 5) is 44.8. The second-order valence-electron chi connectivity index (χ2n) is 8.30. The molecular formula is C26H26N4O6S. The first kappa shape index (κ1) is 25.8. The number of phenols is 1. The lowest BCUT2D eigenvalue weighted by Gasteiger charge is -2.29. The van der Waals surface area contributed by atoms with E-state index >= 15 is 0 Å². The number of nitro benzene ring substituents is 1. The summed E-state index contributed by atoms with van der Waals surface area (Å²) < 4.78 is 7.25. The first-order chi connectivity index (χ1) is 17.7. The molecule has 0 fully saturated rings. The minimum absolute atomic E-state index is 0.128. The maximum Gasteiger partial charge on any atom is 0.271 e. The van der Waals surface area contributed by atoms with E-state index in [1.54, 1.807) is 30.0 Å². The Morgan fingerprint density at radius 2 is 1.97 bits per heavy atom. The third kappa shape index (κ3) is 4.65. The minimum Gasteiger partial charge on any atom is -0.507 e. The van der Waals surface area contributed by atoms with Gasteiger partial charge in [0, 0.05) is 36.3 Å². The van der Waals surface area contributed by atoms with E-state index in [9.17, 15) is 24.8 Å². The van der Waals surface area contributed by atoms with Gasteiger partial charge in [0.05, 0.1) is 27.8 Å². The van der Waals surface area contributed by atoms with Crippen molar-refractivity contribution in [2.75, 3.05) is 20.2 Å². The highest BCUT2D eigenvalue weighted by Gasteiger charge is 2.35. The summed E-state index contributed by atoms with van der Waals surface area (Å²) in [5.74, 6) is 0.0806. The van der Waals surface area contributed by atoms with Crippen molar-refractivity contribution in [3.8, 4) is 11.5 Å². The Hall–Kier alpha value is -4.25. The number of allylic oxidation sites excluding steroid dienone is 1. The van der Waals surface area contributed by atoms with Gasteiger partial charge >= 0.3 is 0 Å². The van der Waals surface area contributed by atoms with Crippen LogP contribution in [0.1, 0.15) is 37.9 Å². The zero-order chi connectivity index (χ0) is 26.9. The van der Waals surface area contributed by atoms with E-state index in [0.717, 1.165) is 11.3 Å². The van der Waals surface area contributed by atoms with E-state index in [4.69, 9.17) is 4.74 Å². The minimum atomic E-state index is -0.804. The SMILES string of the molecule is CCN(CC)C(=O)C1=C(C)N=c2s/c(=C/c3cc([N+](=O)[O-])ccc3O)c(=O)n2[C@@H]1c1ccccc1OC. The number of methoxy groups -OCH3 is 1. The molecule has 0 saturated heterocycles. The summed E-state index contributed by atoms with van der Waals surface area (Å²) in [6.45, 7) is 6.48. The Morgan fingerprint density at radius 1 is 1.27 bits per heavy atom. The van der Waals surface area contributed by atoms with E-state index in [1.165, 1.54) is 36.0 Å². The van der Waals surface area contributed by atoms with Gasteiger partial charge in [-0.05, 0) is 39.0 Å². The molecule has 3 aromatic rings. The number of fused-ring (bicyclic) bond motifs is 1. The normalized spacial score (nSPS) is 15.2. The molecule has 0 saturated carbocycles. The van der Waals surface area contributed by atoms with E-state index in [2.05, 4.69) is 4.99 Å². The Kier molecular flexibility index (Phi) is 7.25. The van der Waals surface area contributed by atoms with Crippen molar-refractivity contribution in [2.24, 2.45) is 4.99 Å². The van der Waals surface area contributed by atoms with Gasteiger partial charge in [-0.25, -0.2) is 4.99 Å². The van der Waals surface area contributed by atoms with Crippen molar-refractivity contribution in [2.45, 2.75) is 26.8 Å². The van der Waals surface area contributed by atoms with Crippen LogP contribution < -0.4 is 19.6 Å².